The topological polar surface area (TPSA) is 64.0 Å². The molecule has 5 nitrogen and oxygen atoms in total. The Bertz CT molecular complexity index is 907. The number of anilines is 1. The molecule has 0 saturated carbocycles. The van der Waals surface area contributed by atoms with E-state index in [-0.39, 0.29) is 5.75 Å². The first-order valence-corrected chi connectivity index (χ1v) is 9.34. The summed E-state index contributed by atoms with van der Waals surface area (Å²) in [6.07, 6.45) is 3.16. The second kappa shape index (κ2) is 7.07. The third-order valence-corrected chi connectivity index (χ3v) is 4.88. The summed E-state index contributed by atoms with van der Waals surface area (Å²) in [4.78, 5) is 0. The molecule has 0 aliphatic rings. The van der Waals surface area contributed by atoms with Crippen LogP contribution in [-0.4, -0.2) is 18.2 Å². The first kappa shape index (κ1) is 16.5. The Morgan fingerprint density at radius 2 is 1.71 bits per heavy atom. The van der Waals surface area contributed by atoms with E-state index in [1.807, 2.05) is 42.5 Å². The minimum Gasteiger partial charge on any atom is -0.280 e. The van der Waals surface area contributed by atoms with Crippen molar-refractivity contribution in [2.75, 3.05) is 4.72 Å². The van der Waals surface area contributed by atoms with Crippen molar-refractivity contribution >= 4 is 27.3 Å². The van der Waals surface area contributed by atoms with Crippen LogP contribution in [0.5, 0.6) is 0 Å². The van der Waals surface area contributed by atoms with E-state index in [9.17, 15) is 8.42 Å². The molecule has 0 aliphatic carbocycles. The van der Waals surface area contributed by atoms with Crippen LogP contribution >= 0.6 is 11.6 Å². The summed E-state index contributed by atoms with van der Waals surface area (Å²) in [6.45, 7) is 0.539. The lowest BCUT2D eigenvalue weighted by Gasteiger charge is -2.06. The van der Waals surface area contributed by atoms with Gasteiger partial charge in [-0.05, 0) is 23.3 Å². The van der Waals surface area contributed by atoms with E-state index in [0.29, 0.717) is 17.3 Å². The van der Waals surface area contributed by atoms with Crippen LogP contribution in [0.3, 0.4) is 0 Å². The van der Waals surface area contributed by atoms with E-state index in [2.05, 4.69) is 9.82 Å². The number of rotatable bonds is 6. The second-order valence-electron chi connectivity index (χ2n) is 5.40. The number of halogens is 1. The van der Waals surface area contributed by atoms with Crippen LogP contribution in [0, 0.1) is 0 Å². The zero-order valence-electron chi connectivity index (χ0n) is 12.8. The van der Waals surface area contributed by atoms with E-state index in [1.54, 1.807) is 23.0 Å². The van der Waals surface area contributed by atoms with Crippen molar-refractivity contribution < 1.29 is 8.42 Å². The average molecular weight is 362 g/mol. The van der Waals surface area contributed by atoms with Crippen molar-refractivity contribution in [1.29, 1.82) is 0 Å². The maximum Gasteiger partial charge on any atom is 0.237 e. The van der Waals surface area contributed by atoms with Gasteiger partial charge in [0.1, 0.15) is 0 Å². The third-order valence-electron chi connectivity index (χ3n) is 3.36. The van der Waals surface area contributed by atoms with Crippen molar-refractivity contribution in [2.24, 2.45) is 0 Å². The van der Waals surface area contributed by atoms with Gasteiger partial charge in [-0.1, -0.05) is 54.1 Å². The molecule has 24 heavy (non-hydrogen) atoms. The minimum atomic E-state index is -3.47. The van der Waals surface area contributed by atoms with Gasteiger partial charge in [-0.3, -0.25) is 9.40 Å². The Kier molecular flexibility index (Phi) is 4.87. The highest BCUT2D eigenvalue weighted by Crippen LogP contribution is 2.14. The molecule has 0 saturated heterocycles. The van der Waals surface area contributed by atoms with Crippen molar-refractivity contribution in [2.45, 2.75) is 12.3 Å². The fraction of sp³-hybridized carbons (Fsp3) is 0.118. The molecule has 0 bridgehead atoms. The van der Waals surface area contributed by atoms with Gasteiger partial charge in [0.2, 0.25) is 10.0 Å². The van der Waals surface area contributed by atoms with Gasteiger partial charge in [0.05, 0.1) is 24.2 Å². The predicted molar refractivity (Wildman–Crippen MR) is 95.5 cm³/mol. The van der Waals surface area contributed by atoms with E-state index < -0.39 is 10.0 Å². The van der Waals surface area contributed by atoms with Crippen LogP contribution in [0.1, 0.15) is 11.1 Å². The largest absolute Gasteiger partial charge is 0.280 e. The molecule has 0 fully saturated rings. The molecular weight excluding hydrogens is 346 g/mol. The average Bonchev–Trinajstić information content (AvgIpc) is 2.96. The number of hydrogen-bond acceptors (Lipinski definition) is 3. The Labute approximate surface area is 145 Å². The zero-order valence-corrected chi connectivity index (χ0v) is 14.3. The number of nitrogens with one attached hydrogen (secondary N) is 1. The molecule has 3 rings (SSSR count). The first-order valence-electron chi connectivity index (χ1n) is 7.31. The highest BCUT2D eigenvalue weighted by Gasteiger charge is 2.12. The lowest BCUT2D eigenvalue weighted by Crippen LogP contribution is -2.14. The minimum absolute atomic E-state index is 0.0732. The number of nitrogens with zero attached hydrogens (tertiary/aromatic N) is 2. The molecular formula is C17H16ClN3O2S. The van der Waals surface area contributed by atoms with Gasteiger partial charge in [0.25, 0.3) is 0 Å². The molecule has 2 aromatic carbocycles. The summed E-state index contributed by atoms with van der Waals surface area (Å²) in [5.41, 5.74) is 2.21. The molecule has 1 aromatic heterocycles. The van der Waals surface area contributed by atoms with Crippen molar-refractivity contribution in [3.63, 3.8) is 0 Å². The lowest BCUT2D eigenvalue weighted by molar-refractivity contribution is 0.600. The van der Waals surface area contributed by atoms with Crippen LogP contribution in [-0.2, 0) is 22.3 Å². The maximum absolute atomic E-state index is 12.2. The monoisotopic (exact) mass is 361 g/mol. The summed E-state index contributed by atoms with van der Waals surface area (Å²) < 4.78 is 28.6. The molecule has 0 aliphatic heterocycles. The number of benzene rings is 2. The Morgan fingerprint density at radius 3 is 2.42 bits per heavy atom. The molecule has 0 radical (unpaired) electrons. The Morgan fingerprint density at radius 1 is 1.00 bits per heavy atom. The van der Waals surface area contributed by atoms with Crippen LogP contribution in [0.4, 0.5) is 5.69 Å². The second-order valence-corrected chi connectivity index (χ2v) is 7.56. The summed E-state index contributed by atoms with van der Waals surface area (Å²) in [6, 6.07) is 16.5. The van der Waals surface area contributed by atoms with Crippen molar-refractivity contribution in [3.05, 3.63) is 83.1 Å². The molecule has 1 heterocycles. The zero-order chi connectivity index (χ0) is 17.0. The summed E-state index contributed by atoms with van der Waals surface area (Å²) >= 11 is 5.86. The van der Waals surface area contributed by atoms with Gasteiger partial charge in [-0.25, -0.2) is 8.42 Å². The maximum atomic E-state index is 12.2. The standard InChI is InChI=1S/C17H16ClN3O2S/c18-16-8-6-14(7-9-16)11-21-12-17(10-19-21)20-24(22,23)13-15-4-2-1-3-5-15/h1-10,12,20H,11,13H2. The van der Waals surface area contributed by atoms with Gasteiger partial charge in [-0.15, -0.1) is 0 Å². The molecule has 0 amide bonds. The van der Waals surface area contributed by atoms with Gasteiger partial charge >= 0.3 is 0 Å². The number of sulfonamides is 1. The smallest absolute Gasteiger partial charge is 0.237 e. The summed E-state index contributed by atoms with van der Waals surface area (Å²) in [5.74, 6) is -0.0732. The van der Waals surface area contributed by atoms with Gasteiger partial charge in [0.15, 0.2) is 0 Å². The third kappa shape index (κ3) is 4.59. The molecule has 1 N–H and O–H groups in total. The molecule has 0 unspecified atom stereocenters. The summed E-state index contributed by atoms with van der Waals surface area (Å²) in [7, 11) is -3.47. The molecule has 0 atom stereocenters. The quantitative estimate of drug-likeness (QED) is 0.730. The van der Waals surface area contributed by atoms with Gasteiger partial charge in [0, 0.05) is 11.2 Å². The van der Waals surface area contributed by atoms with E-state index >= 15 is 0 Å². The predicted octanol–water partition coefficient (Wildman–Crippen LogP) is 3.53. The van der Waals surface area contributed by atoms with Crippen molar-refractivity contribution in [1.82, 2.24) is 9.78 Å². The number of hydrogen-bond donors (Lipinski definition) is 1. The highest BCUT2D eigenvalue weighted by molar-refractivity contribution is 7.91. The van der Waals surface area contributed by atoms with Gasteiger partial charge in [-0.2, -0.15) is 5.10 Å². The van der Waals surface area contributed by atoms with Crippen LogP contribution in [0.15, 0.2) is 67.0 Å². The first-order chi connectivity index (χ1) is 11.5. The SMILES string of the molecule is O=S(=O)(Cc1ccccc1)Nc1cnn(Cc2ccc(Cl)cc2)c1. The van der Waals surface area contributed by atoms with Crippen molar-refractivity contribution in [3.8, 4) is 0 Å². The van der Waals surface area contributed by atoms with Crippen LogP contribution in [0.2, 0.25) is 5.02 Å². The van der Waals surface area contributed by atoms with Crippen LogP contribution in [0.25, 0.3) is 0 Å². The normalized spacial score (nSPS) is 11.4. The highest BCUT2D eigenvalue weighted by atomic mass is 35.5. The van der Waals surface area contributed by atoms with E-state index in [4.69, 9.17) is 11.6 Å². The van der Waals surface area contributed by atoms with Gasteiger partial charge < -0.3 is 0 Å². The fourth-order valence-electron chi connectivity index (χ4n) is 2.29. The fourth-order valence-corrected chi connectivity index (χ4v) is 3.58. The summed E-state index contributed by atoms with van der Waals surface area (Å²) in [5, 5.41) is 4.86. The Balaban J connectivity index is 1.66. The van der Waals surface area contributed by atoms with E-state index in [1.165, 1.54) is 6.20 Å². The molecule has 7 heteroatoms. The molecule has 124 valence electrons. The molecule has 0 spiro atoms. The Hall–Kier alpha value is -2.31. The lowest BCUT2D eigenvalue weighted by atomic mass is 10.2. The van der Waals surface area contributed by atoms with E-state index in [0.717, 1.165) is 11.1 Å². The number of aromatic nitrogens is 2. The van der Waals surface area contributed by atoms with Crippen LogP contribution < -0.4 is 4.72 Å². The molecule has 3 aromatic rings.